The summed E-state index contributed by atoms with van der Waals surface area (Å²) in [7, 11) is 0. The summed E-state index contributed by atoms with van der Waals surface area (Å²) in [6, 6.07) is 10.9. The van der Waals surface area contributed by atoms with Crippen molar-refractivity contribution in [2.24, 2.45) is 0 Å². The van der Waals surface area contributed by atoms with Crippen molar-refractivity contribution < 1.29 is 4.79 Å². The molecule has 2 rings (SSSR count). The molecule has 1 N–H and O–H groups in total. The van der Waals surface area contributed by atoms with Gasteiger partial charge in [-0.15, -0.1) is 11.3 Å². The van der Waals surface area contributed by atoms with E-state index >= 15 is 0 Å². The Morgan fingerprint density at radius 1 is 1.45 bits per heavy atom. The quantitative estimate of drug-likeness (QED) is 0.876. The molecule has 4 nitrogen and oxygen atoms in total. The Labute approximate surface area is 138 Å². The van der Waals surface area contributed by atoms with E-state index in [0.29, 0.717) is 22.8 Å². The highest BCUT2D eigenvalue weighted by molar-refractivity contribution is 7.09. The summed E-state index contributed by atoms with van der Waals surface area (Å²) in [4.78, 5) is 15.4. The number of amides is 1. The van der Waals surface area contributed by atoms with Gasteiger partial charge in [-0.2, -0.15) is 5.26 Å². The first kappa shape index (κ1) is 16.5. The van der Waals surface area contributed by atoms with E-state index in [9.17, 15) is 4.79 Å². The number of benzene rings is 1. The molecule has 0 saturated heterocycles. The van der Waals surface area contributed by atoms with Crippen molar-refractivity contribution in [1.82, 2.24) is 4.90 Å². The van der Waals surface area contributed by atoms with Crippen molar-refractivity contribution in [1.29, 1.82) is 5.26 Å². The first-order chi connectivity index (χ1) is 10.6. The van der Waals surface area contributed by atoms with Gasteiger partial charge in [0.25, 0.3) is 0 Å². The topological polar surface area (TPSA) is 56.1 Å². The van der Waals surface area contributed by atoms with Gasteiger partial charge in [-0.1, -0.05) is 24.6 Å². The normalized spacial score (nSPS) is 10.5. The maximum atomic E-state index is 12.1. The monoisotopic (exact) mass is 333 g/mol. The third kappa shape index (κ3) is 4.57. The zero-order chi connectivity index (χ0) is 15.9. The number of carbonyl (C=O) groups excluding carboxylic acids is 1. The lowest BCUT2D eigenvalue weighted by atomic mass is 10.2. The molecule has 0 unspecified atom stereocenters. The Hall–Kier alpha value is -1.87. The van der Waals surface area contributed by atoms with Gasteiger partial charge in [0.15, 0.2) is 0 Å². The van der Waals surface area contributed by atoms with E-state index in [1.165, 1.54) is 4.88 Å². The number of anilines is 1. The molecule has 0 aliphatic carbocycles. The van der Waals surface area contributed by atoms with E-state index in [4.69, 9.17) is 16.9 Å². The molecule has 0 aliphatic heterocycles. The van der Waals surface area contributed by atoms with Crippen molar-refractivity contribution in [2.75, 3.05) is 18.4 Å². The molecule has 114 valence electrons. The minimum atomic E-state index is -0.0980. The van der Waals surface area contributed by atoms with Gasteiger partial charge in [0.2, 0.25) is 5.91 Å². The number of halogens is 1. The number of carbonyl (C=O) groups is 1. The summed E-state index contributed by atoms with van der Waals surface area (Å²) in [5.41, 5.74) is 0.994. The zero-order valence-electron chi connectivity index (χ0n) is 12.2. The molecule has 0 spiro atoms. The second-order valence-electron chi connectivity index (χ2n) is 4.74. The third-order valence-electron chi connectivity index (χ3n) is 3.15. The third-order valence-corrected chi connectivity index (χ3v) is 4.32. The van der Waals surface area contributed by atoms with Crippen LogP contribution in [0.25, 0.3) is 0 Å². The average molecular weight is 334 g/mol. The number of hydrogen-bond donors (Lipinski definition) is 1. The van der Waals surface area contributed by atoms with Crippen molar-refractivity contribution >= 4 is 34.5 Å². The van der Waals surface area contributed by atoms with Crippen LogP contribution in [0.3, 0.4) is 0 Å². The summed E-state index contributed by atoms with van der Waals surface area (Å²) in [6.45, 7) is 3.89. The van der Waals surface area contributed by atoms with Crippen LogP contribution >= 0.6 is 22.9 Å². The van der Waals surface area contributed by atoms with E-state index in [0.717, 1.165) is 13.1 Å². The molecular weight excluding hydrogens is 318 g/mol. The number of nitrogens with zero attached hydrogens (tertiary/aromatic N) is 2. The molecule has 22 heavy (non-hydrogen) atoms. The molecular formula is C16H16ClN3OS. The lowest BCUT2D eigenvalue weighted by Gasteiger charge is -2.19. The molecule has 0 fully saturated rings. The van der Waals surface area contributed by atoms with Crippen LogP contribution in [0.2, 0.25) is 5.02 Å². The fourth-order valence-corrected chi connectivity index (χ4v) is 2.96. The van der Waals surface area contributed by atoms with Gasteiger partial charge in [0.1, 0.15) is 6.07 Å². The molecule has 1 aromatic carbocycles. The van der Waals surface area contributed by atoms with Crippen LogP contribution in [0, 0.1) is 11.3 Å². The summed E-state index contributed by atoms with van der Waals surface area (Å²) in [5, 5.41) is 14.0. The van der Waals surface area contributed by atoms with Crippen molar-refractivity contribution in [3.8, 4) is 6.07 Å². The average Bonchev–Trinajstić information content (AvgIpc) is 2.99. The van der Waals surface area contributed by atoms with Crippen LogP contribution in [0.1, 0.15) is 17.4 Å². The maximum absolute atomic E-state index is 12.1. The predicted octanol–water partition coefficient (Wildman–Crippen LogP) is 3.73. The highest BCUT2D eigenvalue weighted by Gasteiger charge is 2.11. The van der Waals surface area contributed by atoms with E-state index in [2.05, 4.69) is 16.3 Å². The minimum absolute atomic E-state index is 0.0980. The summed E-state index contributed by atoms with van der Waals surface area (Å²) >= 11 is 7.64. The number of rotatable bonds is 6. The van der Waals surface area contributed by atoms with Crippen molar-refractivity contribution in [2.45, 2.75) is 13.5 Å². The first-order valence-electron chi connectivity index (χ1n) is 6.86. The Bertz CT molecular complexity index is 679. The molecule has 0 bridgehead atoms. The number of nitriles is 1. The second kappa shape index (κ2) is 7.95. The van der Waals surface area contributed by atoms with Crippen LogP contribution in [0.5, 0.6) is 0 Å². The molecule has 1 amide bonds. The summed E-state index contributed by atoms with van der Waals surface area (Å²) in [5.74, 6) is -0.0980. The molecule has 0 atom stereocenters. The van der Waals surface area contributed by atoms with E-state index < -0.39 is 0 Å². The Morgan fingerprint density at radius 2 is 2.27 bits per heavy atom. The highest BCUT2D eigenvalue weighted by Crippen LogP contribution is 2.20. The van der Waals surface area contributed by atoms with Gasteiger partial charge >= 0.3 is 0 Å². The molecule has 0 aliphatic rings. The van der Waals surface area contributed by atoms with Gasteiger partial charge in [-0.25, -0.2) is 0 Å². The van der Waals surface area contributed by atoms with Crippen LogP contribution in [0.4, 0.5) is 5.69 Å². The summed E-state index contributed by atoms with van der Waals surface area (Å²) < 4.78 is 0. The fourth-order valence-electron chi connectivity index (χ4n) is 1.99. The number of thiophene rings is 1. The second-order valence-corrected chi connectivity index (χ2v) is 6.18. The largest absolute Gasteiger partial charge is 0.325 e. The minimum Gasteiger partial charge on any atom is -0.325 e. The molecule has 1 heterocycles. The Morgan fingerprint density at radius 3 is 2.86 bits per heavy atom. The summed E-state index contributed by atoms with van der Waals surface area (Å²) in [6.07, 6.45) is 0. The molecule has 1 aromatic heterocycles. The molecule has 0 saturated carbocycles. The Kier molecular flexibility index (Phi) is 5.96. The maximum Gasteiger partial charge on any atom is 0.238 e. The standard InChI is InChI=1S/C16H16ClN3OS/c1-2-20(10-14-4-3-7-22-14)11-16(21)19-13-6-5-12(9-18)15(17)8-13/h3-8H,2,10-11H2,1H3,(H,19,21). The smallest absolute Gasteiger partial charge is 0.238 e. The van der Waals surface area contributed by atoms with E-state index in [1.807, 2.05) is 24.4 Å². The SMILES string of the molecule is CCN(CC(=O)Nc1ccc(C#N)c(Cl)c1)Cc1cccs1. The molecule has 6 heteroatoms. The van der Waals surface area contributed by atoms with Crippen LogP contribution in [-0.2, 0) is 11.3 Å². The van der Waals surface area contributed by atoms with Gasteiger partial charge in [0.05, 0.1) is 17.1 Å². The van der Waals surface area contributed by atoms with Gasteiger partial charge < -0.3 is 5.32 Å². The first-order valence-corrected chi connectivity index (χ1v) is 8.12. The van der Waals surface area contributed by atoms with E-state index in [-0.39, 0.29) is 5.91 Å². The highest BCUT2D eigenvalue weighted by atomic mass is 35.5. The molecule has 2 aromatic rings. The fraction of sp³-hybridized carbons (Fsp3) is 0.250. The molecule has 0 radical (unpaired) electrons. The van der Waals surface area contributed by atoms with E-state index in [1.54, 1.807) is 29.5 Å². The lowest BCUT2D eigenvalue weighted by Crippen LogP contribution is -2.32. The van der Waals surface area contributed by atoms with Gasteiger partial charge in [-0.05, 0) is 36.2 Å². The number of likely N-dealkylation sites (N-methyl/N-ethyl adjacent to an activating group) is 1. The van der Waals surface area contributed by atoms with Gasteiger partial charge in [-0.3, -0.25) is 9.69 Å². The number of nitrogens with one attached hydrogen (secondary N) is 1. The lowest BCUT2D eigenvalue weighted by molar-refractivity contribution is -0.117. The number of hydrogen-bond acceptors (Lipinski definition) is 4. The van der Waals surface area contributed by atoms with Crippen LogP contribution < -0.4 is 5.32 Å². The van der Waals surface area contributed by atoms with Crippen LogP contribution in [-0.4, -0.2) is 23.9 Å². The van der Waals surface area contributed by atoms with Crippen molar-refractivity contribution in [3.05, 3.63) is 51.2 Å². The predicted molar refractivity (Wildman–Crippen MR) is 90.1 cm³/mol. The van der Waals surface area contributed by atoms with Crippen molar-refractivity contribution in [3.63, 3.8) is 0 Å². The van der Waals surface area contributed by atoms with Gasteiger partial charge in [0, 0.05) is 17.1 Å². The Balaban J connectivity index is 1.94. The van der Waals surface area contributed by atoms with Crippen LogP contribution in [0.15, 0.2) is 35.7 Å². The zero-order valence-corrected chi connectivity index (χ0v) is 13.7.